The fourth-order valence-electron chi connectivity index (χ4n) is 1.02. The van der Waals surface area contributed by atoms with Crippen molar-refractivity contribution < 1.29 is 9.63 Å². The number of hydrogen-bond acceptors (Lipinski definition) is 5. The molecule has 0 spiro atoms. The van der Waals surface area contributed by atoms with Crippen molar-refractivity contribution in [1.82, 2.24) is 10.1 Å². The molecular weight excluding hydrogens is 224 g/mol. The Bertz CT molecular complexity index is 320. The number of aliphatic hydroxyl groups excluding tert-OH is 1. The third kappa shape index (κ3) is 4.14. The summed E-state index contributed by atoms with van der Waals surface area (Å²) in [7, 11) is 0. The zero-order valence-corrected chi connectivity index (χ0v) is 11.2. The molecule has 92 valence electrons. The summed E-state index contributed by atoms with van der Waals surface area (Å²) in [6.45, 7) is 8.39. The van der Waals surface area contributed by atoms with Crippen LogP contribution in [0.3, 0.4) is 0 Å². The van der Waals surface area contributed by atoms with Gasteiger partial charge in [-0.05, 0) is 11.7 Å². The molecule has 0 aliphatic rings. The summed E-state index contributed by atoms with van der Waals surface area (Å²) in [5.74, 6) is 3.39. The van der Waals surface area contributed by atoms with Crippen LogP contribution in [0.25, 0.3) is 0 Å². The predicted molar refractivity (Wildman–Crippen MR) is 65.4 cm³/mol. The van der Waals surface area contributed by atoms with Gasteiger partial charge in [0.1, 0.15) is 0 Å². The van der Waals surface area contributed by atoms with Gasteiger partial charge in [0.25, 0.3) is 0 Å². The zero-order chi connectivity index (χ0) is 12.2. The highest BCUT2D eigenvalue weighted by Gasteiger charge is 2.21. The van der Waals surface area contributed by atoms with E-state index in [4.69, 9.17) is 9.63 Å². The Labute approximate surface area is 101 Å². The lowest BCUT2D eigenvalue weighted by atomic mass is 9.97. The minimum atomic E-state index is -0.0890. The first-order valence-electron chi connectivity index (χ1n) is 5.45. The third-order valence-corrected chi connectivity index (χ3v) is 3.32. The Morgan fingerprint density at radius 1 is 1.44 bits per heavy atom. The number of aliphatic hydroxyl groups is 1. The smallest absolute Gasteiger partial charge is 0.232 e. The second-order valence-corrected chi connectivity index (χ2v) is 6.10. The van der Waals surface area contributed by atoms with Gasteiger partial charge in [-0.3, -0.25) is 0 Å². The molecule has 0 radical (unpaired) electrons. The molecule has 1 aromatic rings. The van der Waals surface area contributed by atoms with E-state index >= 15 is 0 Å². The van der Waals surface area contributed by atoms with Crippen molar-refractivity contribution in [2.45, 2.75) is 38.9 Å². The molecule has 0 bridgehead atoms. The Kier molecular flexibility index (Phi) is 4.80. The van der Waals surface area contributed by atoms with Crippen LogP contribution in [0.2, 0.25) is 0 Å². The normalized spacial score (nSPS) is 14.1. The highest BCUT2D eigenvalue weighted by molar-refractivity contribution is 7.98. The topological polar surface area (TPSA) is 59.2 Å². The van der Waals surface area contributed by atoms with Gasteiger partial charge in [-0.2, -0.15) is 16.7 Å². The van der Waals surface area contributed by atoms with Gasteiger partial charge < -0.3 is 9.63 Å². The highest BCUT2D eigenvalue weighted by atomic mass is 32.2. The molecule has 16 heavy (non-hydrogen) atoms. The Balaban J connectivity index is 2.41. The van der Waals surface area contributed by atoms with Crippen LogP contribution >= 0.6 is 11.8 Å². The monoisotopic (exact) mass is 244 g/mol. The van der Waals surface area contributed by atoms with Gasteiger partial charge in [-0.15, -0.1) is 0 Å². The van der Waals surface area contributed by atoms with E-state index < -0.39 is 0 Å². The predicted octanol–water partition coefficient (Wildman–Crippen LogP) is 2.23. The first-order valence-corrected chi connectivity index (χ1v) is 6.60. The number of nitrogens with zero attached hydrogens (tertiary/aromatic N) is 2. The SMILES string of the molecule is CC(CO)CSCc1noc(C(C)(C)C)n1. The molecule has 0 saturated heterocycles. The Hall–Kier alpha value is -0.550. The maximum absolute atomic E-state index is 8.88. The van der Waals surface area contributed by atoms with Gasteiger partial charge in [-0.25, -0.2) is 0 Å². The summed E-state index contributed by atoms with van der Waals surface area (Å²) in [6, 6.07) is 0. The molecule has 1 rings (SSSR count). The molecule has 0 aliphatic carbocycles. The maximum Gasteiger partial charge on any atom is 0.232 e. The zero-order valence-electron chi connectivity index (χ0n) is 10.4. The van der Waals surface area contributed by atoms with E-state index in [2.05, 4.69) is 10.1 Å². The third-order valence-electron chi connectivity index (χ3n) is 2.05. The van der Waals surface area contributed by atoms with Gasteiger partial charge >= 0.3 is 0 Å². The summed E-state index contributed by atoms with van der Waals surface area (Å²) in [6.07, 6.45) is 0. The first kappa shape index (κ1) is 13.5. The van der Waals surface area contributed by atoms with Crippen molar-refractivity contribution in [2.75, 3.05) is 12.4 Å². The lowest BCUT2D eigenvalue weighted by Crippen LogP contribution is -2.11. The van der Waals surface area contributed by atoms with Crippen molar-refractivity contribution in [3.8, 4) is 0 Å². The summed E-state index contributed by atoms with van der Waals surface area (Å²) < 4.78 is 5.19. The summed E-state index contributed by atoms with van der Waals surface area (Å²) in [5.41, 5.74) is -0.0890. The van der Waals surface area contributed by atoms with Crippen LogP contribution in [-0.2, 0) is 11.2 Å². The molecule has 1 aromatic heterocycles. The van der Waals surface area contributed by atoms with Crippen LogP contribution in [0.15, 0.2) is 4.52 Å². The maximum atomic E-state index is 8.88. The van der Waals surface area contributed by atoms with E-state index in [1.807, 2.05) is 27.7 Å². The van der Waals surface area contributed by atoms with Gasteiger partial charge in [0.05, 0.1) is 5.75 Å². The minimum Gasteiger partial charge on any atom is -0.396 e. The van der Waals surface area contributed by atoms with Crippen molar-refractivity contribution in [3.63, 3.8) is 0 Å². The van der Waals surface area contributed by atoms with Crippen molar-refractivity contribution >= 4 is 11.8 Å². The molecule has 0 amide bonds. The van der Waals surface area contributed by atoms with E-state index in [0.29, 0.717) is 11.8 Å². The quantitative estimate of drug-likeness (QED) is 0.860. The van der Waals surface area contributed by atoms with Crippen LogP contribution in [0.1, 0.15) is 39.4 Å². The van der Waals surface area contributed by atoms with E-state index in [0.717, 1.165) is 17.3 Å². The molecule has 1 heterocycles. The number of hydrogen-bond donors (Lipinski definition) is 1. The molecule has 1 atom stereocenters. The largest absolute Gasteiger partial charge is 0.396 e. The minimum absolute atomic E-state index is 0.0890. The fourth-order valence-corrected chi connectivity index (χ4v) is 1.95. The molecule has 0 aliphatic heterocycles. The van der Waals surface area contributed by atoms with Gasteiger partial charge in [-0.1, -0.05) is 32.9 Å². The fraction of sp³-hybridized carbons (Fsp3) is 0.818. The van der Waals surface area contributed by atoms with E-state index in [9.17, 15) is 0 Å². The number of aromatic nitrogens is 2. The second kappa shape index (κ2) is 5.68. The lowest BCUT2D eigenvalue weighted by Gasteiger charge is -2.10. The molecule has 4 nitrogen and oxygen atoms in total. The molecular formula is C11H20N2O2S. The van der Waals surface area contributed by atoms with Crippen molar-refractivity contribution in [1.29, 1.82) is 0 Å². The Morgan fingerprint density at radius 2 is 2.12 bits per heavy atom. The second-order valence-electron chi connectivity index (χ2n) is 5.07. The summed E-state index contributed by atoms with van der Waals surface area (Å²) in [5, 5.41) is 12.8. The molecule has 1 unspecified atom stereocenters. The van der Waals surface area contributed by atoms with Crippen molar-refractivity contribution in [3.05, 3.63) is 11.7 Å². The molecule has 0 saturated carbocycles. The molecule has 0 fully saturated rings. The van der Waals surface area contributed by atoms with Crippen LogP contribution in [0.5, 0.6) is 0 Å². The molecule has 5 heteroatoms. The van der Waals surface area contributed by atoms with Crippen LogP contribution in [0, 0.1) is 5.92 Å². The van der Waals surface area contributed by atoms with Gasteiger partial charge in [0.15, 0.2) is 5.82 Å². The number of rotatable bonds is 5. The van der Waals surface area contributed by atoms with Crippen LogP contribution < -0.4 is 0 Å². The van der Waals surface area contributed by atoms with E-state index in [1.54, 1.807) is 11.8 Å². The summed E-state index contributed by atoms with van der Waals surface area (Å²) in [4.78, 5) is 4.34. The Morgan fingerprint density at radius 3 is 2.62 bits per heavy atom. The average Bonchev–Trinajstić information content (AvgIpc) is 2.65. The highest BCUT2D eigenvalue weighted by Crippen LogP contribution is 2.21. The molecule has 0 aromatic carbocycles. The molecule has 1 N–H and O–H groups in total. The van der Waals surface area contributed by atoms with Gasteiger partial charge in [0.2, 0.25) is 5.89 Å². The van der Waals surface area contributed by atoms with E-state index in [1.165, 1.54) is 0 Å². The standard InChI is InChI=1S/C11H20N2O2S/c1-8(5-14)6-16-7-9-12-10(15-13-9)11(2,3)4/h8,14H,5-7H2,1-4H3. The summed E-state index contributed by atoms with van der Waals surface area (Å²) >= 11 is 1.72. The van der Waals surface area contributed by atoms with Crippen LogP contribution in [-0.4, -0.2) is 27.6 Å². The van der Waals surface area contributed by atoms with Crippen LogP contribution in [0.4, 0.5) is 0 Å². The number of thioether (sulfide) groups is 1. The first-order chi connectivity index (χ1) is 7.43. The average molecular weight is 244 g/mol. The lowest BCUT2D eigenvalue weighted by molar-refractivity contribution is 0.250. The van der Waals surface area contributed by atoms with E-state index in [-0.39, 0.29) is 12.0 Å². The van der Waals surface area contributed by atoms with Gasteiger partial charge in [0, 0.05) is 12.0 Å². The van der Waals surface area contributed by atoms with Crippen molar-refractivity contribution in [2.24, 2.45) is 5.92 Å².